The summed E-state index contributed by atoms with van der Waals surface area (Å²) in [6.45, 7) is 2.31. The lowest BCUT2D eigenvalue weighted by atomic mass is 10.0. The Kier molecular flexibility index (Phi) is 5.81. The van der Waals surface area contributed by atoms with Gasteiger partial charge in [0.05, 0.1) is 21.3 Å². The van der Waals surface area contributed by atoms with E-state index in [9.17, 15) is 14.0 Å². The fourth-order valence-electron chi connectivity index (χ4n) is 3.61. The van der Waals surface area contributed by atoms with Gasteiger partial charge < -0.3 is 4.90 Å². The zero-order valence-corrected chi connectivity index (χ0v) is 18.0. The maximum Gasteiger partial charge on any atom is 0.282 e. The highest BCUT2D eigenvalue weighted by atomic mass is 35.5. The van der Waals surface area contributed by atoms with Crippen LogP contribution in [0.3, 0.4) is 0 Å². The third kappa shape index (κ3) is 3.71. The molecule has 1 aliphatic rings. The lowest BCUT2D eigenvalue weighted by Gasteiger charge is -2.25. The van der Waals surface area contributed by atoms with Crippen molar-refractivity contribution in [3.8, 4) is 0 Å². The number of nitrogens with zero attached hydrogens (tertiary/aromatic N) is 2. The van der Waals surface area contributed by atoms with Crippen LogP contribution in [0, 0.1) is 5.82 Å². The number of para-hydroxylation sites is 1. The van der Waals surface area contributed by atoms with Crippen LogP contribution in [0.15, 0.2) is 78.5 Å². The molecule has 0 spiro atoms. The molecule has 0 bridgehead atoms. The SMILES string of the molecule is CCN(C1=C(c2ccc(F)cc2)C(=O)N(c2cccc(Cl)c2Cl)C1=O)c1ccccc1. The van der Waals surface area contributed by atoms with Crippen molar-refractivity contribution in [2.45, 2.75) is 6.92 Å². The summed E-state index contributed by atoms with van der Waals surface area (Å²) >= 11 is 12.5. The van der Waals surface area contributed by atoms with Gasteiger partial charge in [-0.25, -0.2) is 9.29 Å². The van der Waals surface area contributed by atoms with Crippen LogP contribution in [-0.4, -0.2) is 18.4 Å². The molecule has 2 amide bonds. The Morgan fingerprint density at radius 1 is 0.871 bits per heavy atom. The van der Waals surface area contributed by atoms with Gasteiger partial charge in [-0.05, 0) is 48.9 Å². The minimum absolute atomic E-state index is 0.105. The Hall–Kier alpha value is -3.15. The Bertz CT molecular complexity index is 1190. The van der Waals surface area contributed by atoms with E-state index in [1.807, 2.05) is 37.3 Å². The van der Waals surface area contributed by atoms with E-state index in [0.29, 0.717) is 12.1 Å². The van der Waals surface area contributed by atoms with Gasteiger partial charge in [-0.15, -0.1) is 0 Å². The summed E-state index contributed by atoms with van der Waals surface area (Å²) in [6.07, 6.45) is 0. The first kappa shape index (κ1) is 21.1. The molecule has 4 rings (SSSR count). The maximum absolute atomic E-state index is 13.6. The van der Waals surface area contributed by atoms with Crippen LogP contribution in [0.2, 0.25) is 10.0 Å². The smallest absolute Gasteiger partial charge is 0.282 e. The molecule has 4 nitrogen and oxygen atoms in total. The molecule has 0 radical (unpaired) electrons. The second kappa shape index (κ2) is 8.53. The lowest BCUT2D eigenvalue weighted by Crippen LogP contribution is -2.35. The fourth-order valence-corrected chi connectivity index (χ4v) is 3.99. The van der Waals surface area contributed by atoms with E-state index in [1.54, 1.807) is 23.1 Å². The largest absolute Gasteiger partial charge is 0.337 e. The molecule has 0 N–H and O–H groups in total. The van der Waals surface area contributed by atoms with Gasteiger partial charge in [-0.1, -0.05) is 59.6 Å². The van der Waals surface area contributed by atoms with Crippen molar-refractivity contribution in [2.75, 3.05) is 16.3 Å². The summed E-state index contributed by atoms with van der Waals surface area (Å²) < 4.78 is 13.6. The van der Waals surface area contributed by atoms with Crippen molar-refractivity contribution in [2.24, 2.45) is 0 Å². The number of amides is 2. The van der Waals surface area contributed by atoms with Crippen LogP contribution in [0.25, 0.3) is 5.57 Å². The van der Waals surface area contributed by atoms with E-state index in [4.69, 9.17) is 23.2 Å². The maximum atomic E-state index is 13.6. The molecule has 3 aromatic rings. The molecule has 0 saturated heterocycles. The molecule has 1 heterocycles. The Morgan fingerprint density at radius 2 is 1.55 bits per heavy atom. The van der Waals surface area contributed by atoms with E-state index < -0.39 is 17.6 Å². The van der Waals surface area contributed by atoms with Gasteiger partial charge in [0, 0.05) is 12.2 Å². The van der Waals surface area contributed by atoms with Crippen LogP contribution in [0.4, 0.5) is 15.8 Å². The summed E-state index contributed by atoms with van der Waals surface area (Å²) in [7, 11) is 0. The number of hydrogen-bond donors (Lipinski definition) is 0. The van der Waals surface area contributed by atoms with Gasteiger partial charge in [0.2, 0.25) is 0 Å². The molecule has 0 aliphatic carbocycles. The number of anilines is 2. The zero-order valence-electron chi connectivity index (χ0n) is 16.5. The average Bonchev–Trinajstić information content (AvgIpc) is 3.02. The van der Waals surface area contributed by atoms with Gasteiger partial charge in [-0.2, -0.15) is 0 Å². The lowest BCUT2D eigenvalue weighted by molar-refractivity contribution is -0.120. The van der Waals surface area contributed by atoms with Crippen LogP contribution in [-0.2, 0) is 9.59 Å². The number of carbonyl (C=O) groups excluding carboxylic acids is 2. The summed E-state index contributed by atoms with van der Waals surface area (Å²) in [4.78, 5) is 30.0. The number of halogens is 3. The highest BCUT2D eigenvalue weighted by molar-refractivity contribution is 6.50. The van der Waals surface area contributed by atoms with Crippen molar-refractivity contribution >= 4 is 52.0 Å². The molecular weight excluding hydrogens is 438 g/mol. The summed E-state index contributed by atoms with van der Waals surface area (Å²) in [6, 6.07) is 19.5. The van der Waals surface area contributed by atoms with E-state index in [1.165, 1.54) is 24.3 Å². The van der Waals surface area contributed by atoms with Crippen LogP contribution >= 0.6 is 23.2 Å². The summed E-state index contributed by atoms with van der Waals surface area (Å²) in [5, 5.41) is 0.334. The van der Waals surface area contributed by atoms with Crippen LogP contribution in [0.1, 0.15) is 12.5 Å². The number of imide groups is 1. The second-order valence-corrected chi connectivity index (χ2v) is 7.61. The molecule has 0 aromatic heterocycles. The van der Waals surface area contributed by atoms with Crippen LogP contribution in [0.5, 0.6) is 0 Å². The summed E-state index contributed by atoms with van der Waals surface area (Å²) in [5.41, 5.74) is 1.75. The molecule has 0 atom stereocenters. The molecular formula is C24H17Cl2FN2O2. The zero-order chi connectivity index (χ0) is 22.1. The van der Waals surface area contributed by atoms with E-state index >= 15 is 0 Å². The van der Waals surface area contributed by atoms with E-state index in [-0.39, 0.29) is 27.0 Å². The van der Waals surface area contributed by atoms with Crippen molar-refractivity contribution in [3.05, 3.63) is 99.9 Å². The van der Waals surface area contributed by atoms with Gasteiger partial charge in [0.15, 0.2) is 0 Å². The minimum Gasteiger partial charge on any atom is -0.337 e. The van der Waals surface area contributed by atoms with Crippen molar-refractivity contribution in [3.63, 3.8) is 0 Å². The third-order valence-electron chi connectivity index (χ3n) is 5.02. The first-order valence-corrected chi connectivity index (χ1v) is 10.3. The van der Waals surface area contributed by atoms with Gasteiger partial charge in [0.1, 0.15) is 11.5 Å². The second-order valence-electron chi connectivity index (χ2n) is 6.83. The normalized spacial score (nSPS) is 13.9. The van der Waals surface area contributed by atoms with E-state index in [0.717, 1.165) is 10.6 Å². The Morgan fingerprint density at radius 3 is 2.19 bits per heavy atom. The Balaban J connectivity index is 1.93. The number of rotatable bonds is 5. The molecule has 7 heteroatoms. The first-order chi connectivity index (χ1) is 14.9. The molecule has 1 aliphatic heterocycles. The number of benzene rings is 3. The van der Waals surface area contributed by atoms with E-state index in [2.05, 4.69) is 0 Å². The fraction of sp³-hybridized carbons (Fsp3) is 0.0833. The highest BCUT2D eigenvalue weighted by Crippen LogP contribution is 2.40. The van der Waals surface area contributed by atoms with Crippen LogP contribution < -0.4 is 9.80 Å². The molecule has 3 aromatic carbocycles. The predicted octanol–water partition coefficient (Wildman–Crippen LogP) is 5.94. The predicted molar refractivity (Wildman–Crippen MR) is 122 cm³/mol. The minimum atomic E-state index is -0.551. The van der Waals surface area contributed by atoms with Crippen molar-refractivity contribution in [1.29, 1.82) is 0 Å². The topological polar surface area (TPSA) is 40.6 Å². The molecule has 156 valence electrons. The van der Waals surface area contributed by atoms with Gasteiger partial charge in [0.25, 0.3) is 11.8 Å². The molecule has 0 saturated carbocycles. The molecule has 0 fully saturated rings. The highest BCUT2D eigenvalue weighted by Gasteiger charge is 2.43. The average molecular weight is 455 g/mol. The number of carbonyl (C=O) groups is 2. The quantitative estimate of drug-likeness (QED) is 0.447. The standard InChI is InChI=1S/C24H17Cl2FN2O2/c1-2-28(17-7-4-3-5-8-17)22-20(15-11-13-16(27)14-12-15)23(30)29(24(22)31)19-10-6-9-18(25)21(19)26/h3-14H,2H2,1H3. The monoisotopic (exact) mass is 454 g/mol. The number of likely N-dealkylation sites (N-methyl/N-ethyl adjacent to an activating group) is 1. The van der Waals surface area contributed by atoms with Crippen molar-refractivity contribution in [1.82, 2.24) is 0 Å². The van der Waals surface area contributed by atoms with Gasteiger partial charge >= 0.3 is 0 Å². The first-order valence-electron chi connectivity index (χ1n) is 9.59. The Labute approximate surface area is 189 Å². The summed E-state index contributed by atoms with van der Waals surface area (Å²) in [5.74, 6) is -1.52. The van der Waals surface area contributed by atoms with Crippen molar-refractivity contribution < 1.29 is 14.0 Å². The molecule has 31 heavy (non-hydrogen) atoms. The molecule has 0 unspecified atom stereocenters. The number of hydrogen-bond acceptors (Lipinski definition) is 3. The third-order valence-corrected chi connectivity index (χ3v) is 5.83. The van der Waals surface area contributed by atoms with Gasteiger partial charge in [-0.3, -0.25) is 9.59 Å².